The van der Waals surface area contributed by atoms with Crippen LogP contribution in [0.25, 0.3) is 0 Å². The number of H-pyrrole nitrogens is 1. The smallest absolute Gasteiger partial charge is 0.390 e. The summed E-state index contributed by atoms with van der Waals surface area (Å²) in [5.74, 6) is 1.94. The fraction of sp³-hybridized carbons (Fsp3) is 0.821. The van der Waals surface area contributed by atoms with Crippen molar-refractivity contribution in [2.45, 2.75) is 142 Å². The van der Waals surface area contributed by atoms with Crippen LogP contribution in [-0.2, 0) is 22.9 Å². The van der Waals surface area contributed by atoms with E-state index in [1.165, 1.54) is 32.1 Å². The molecule has 0 amide bonds. The molecule has 6 rings (SSSR count). The van der Waals surface area contributed by atoms with E-state index in [4.69, 9.17) is 23.6 Å². The number of phosphoric ester groups is 1. The highest BCUT2D eigenvalue weighted by atomic mass is 31.2. The highest BCUT2D eigenvalue weighted by Crippen LogP contribution is 2.68. The Labute approximate surface area is 312 Å². The zero-order valence-corrected chi connectivity index (χ0v) is 32.8. The van der Waals surface area contributed by atoms with Gasteiger partial charge >= 0.3 is 13.5 Å². The van der Waals surface area contributed by atoms with Gasteiger partial charge < -0.3 is 14.9 Å². The van der Waals surface area contributed by atoms with Crippen molar-refractivity contribution in [3.05, 3.63) is 44.5 Å². The second-order valence-corrected chi connectivity index (χ2v) is 19.1. The average molecular weight is 764 g/mol. The number of aliphatic hydroxyl groups is 2. The molecule has 0 spiro atoms. The molecule has 296 valence electrons. The first kappa shape index (κ1) is 40.5. The Morgan fingerprint density at radius 2 is 1.89 bits per heavy atom. The summed E-state index contributed by atoms with van der Waals surface area (Å²) in [6.07, 6.45) is 8.47. The summed E-state index contributed by atoms with van der Waals surface area (Å²) in [4.78, 5) is 25.6. The Morgan fingerprint density at radius 1 is 1.11 bits per heavy atom. The van der Waals surface area contributed by atoms with E-state index in [1.807, 2.05) is 11.1 Å². The van der Waals surface area contributed by atoms with Crippen molar-refractivity contribution in [2.24, 2.45) is 46.3 Å². The van der Waals surface area contributed by atoms with Gasteiger partial charge in [0.05, 0.1) is 50.2 Å². The topological polar surface area (TPSA) is 173 Å². The van der Waals surface area contributed by atoms with Gasteiger partial charge in [-0.2, -0.15) is 9.65 Å². The molecule has 2 heterocycles. The molecule has 0 bridgehead atoms. The van der Waals surface area contributed by atoms with Gasteiger partial charge in [-0.05, 0) is 91.3 Å². The molecule has 1 unspecified atom stereocenters. The minimum absolute atomic E-state index is 0.0527. The fourth-order valence-corrected chi connectivity index (χ4v) is 12.5. The normalized spacial score (nSPS) is 38.3. The minimum atomic E-state index is -4.29. The van der Waals surface area contributed by atoms with Crippen LogP contribution in [0.5, 0.6) is 0 Å². The number of aromatic nitrogens is 2. The maximum Gasteiger partial charge on any atom is 0.475 e. The lowest BCUT2D eigenvalue weighted by Gasteiger charge is -2.59. The first-order valence-electron chi connectivity index (χ1n) is 19.8. The van der Waals surface area contributed by atoms with Crippen LogP contribution in [0.4, 0.5) is 4.39 Å². The maximum atomic E-state index is 14.1. The summed E-state index contributed by atoms with van der Waals surface area (Å²) in [7, 11) is -4.29. The zero-order chi connectivity index (χ0) is 38.3. The molecule has 1 aliphatic heterocycles. The Kier molecular flexibility index (Phi) is 12.3. The van der Waals surface area contributed by atoms with Gasteiger partial charge in [-0.25, -0.2) is 9.36 Å². The van der Waals surface area contributed by atoms with Crippen LogP contribution in [0.1, 0.15) is 118 Å². The van der Waals surface area contributed by atoms with Gasteiger partial charge in [0.25, 0.3) is 5.56 Å². The highest BCUT2D eigenvalue weighted by Gasteiger charge is 2.61. The standard InChI is InChI=1S/C39H59FN3O9P/c1-23(2)8-6-9-24(3)27-10-11-28-35-29(13-15-39(27,28)5)38(4)14-12-26(18-25(38)19-32(35)45)52-53(48,49-17-7-16-41)50-22-33-31(44)20-34(51-33)43-21-30(40)36(46)42-37(43)47/h19,21,23-24,26-29,31-35,44-45H,6-15,17-18,20,22H2,1-5H3,(H,42,46,47)/t24-,26+,27-,28+,29+,31+,32+,33-,34-,35+,38+,39-,53?/m1/s1. The summed E-state index contributed by atoms with van der Waals surface area (Å²) in [6.45, 7) is 11.2. The SMILES string of the molecule is CC(C)CCC[C@@H](C)[C@H]1CC[C@H]2[C@@H]3[C@@H](O)C=C4C[C@@H](OP(=O)(OCCC#N)OC[C@H]5O[C@@H](n6cc(F)c(=O)[nH]c6=O)C[C@@H]5O)CC[C@]4(C)[C@H]3CC[C@]12C. The van der Waals surface area contributed by atoms with Crippen molar-refractivity contribution >= 4 is 7.82 Å². The van der Waals surface area contributed by atoms with Crippen LogP contribution in [0.15, 0.2) is 27.4 Å². The summed E-state index contributed by atoms with van der Waals surface area (Å²) in [5.41, 5.74) is -0.843. The number of rotatable bonds is 14. The molecule has 3 saturated carbocycles. The van der Waals surface area contributed by atoms with Crippen LogP contribution in [0.2, 0.25) is 0 Å². The maximum absolute atomic E-state index is 14.1. The molecule has 13 atom stereocenters. The number of hydrogen-bond donors (Lipinski definition) is 3. The number of nitrogens with zero attached hydrogens (tertiary/aromatic N) is 2. The molecule has 1 saturated heterocycles. The molecule has 5 aliphatic rings. The minimum Gasteiger partial charge on any atom is -0.390 e. The first-order valence-corrected chi connectivity index (χ1v) is 21.2. The van der Waals surface area contributed by atoms with Crippen molar-refractivity contribution in [1.82, 2.24) is 9.55 Å². The third kappa shape index (κ3) is 8.21. The number of ether oxygens (including phenoxy) is 1. The second kappa shape index (κ2) is 16.1. The predicted molar refractivity (Wildman–Crippen MR) is 195 cm³/mol. The largest absolute Gasteiger partial charge is 0.475 e. The molecular weight excluding hydrogens is 704 g/mol. The highest BCUT2D eigenvalue weighted by molar-refractivity contribution is 7.48. The summed E-state index contributed by atoms with van der Waals surface area (Å²) < 4.78 is 51.9. The van der Waals surface area contributed by atoms with Gasteiger partial charge in [0.15, 0.2) is 0 Å². The average Bonchev–Trinajstić information content (AvgIpc) is 3.65. The lowest BCUT2D eigenvalue weighted by atomic mass is 9.46. The van der Waals surface area contributed by atoms with Crippen molar-refractivity contribution < 1.29 is 37.5 Å². The molecule has 14 heteroatoms. The molecule has 4 fully saturated rings. The first-order chi connectivity index (χ1) is 25.1. The van der Waals surface area contributed by atoms with Gasteiger partial charge in [0.2, 0.25) is 5.82 Å². The Hall–Kier alpha value is -2.17. The van der Waals surface area contributed by atoms with Crippen molar-refractivity contribution in [2.75, 3.05) is 13.2 Å². The fourth-order valence-electron chi connectivity index (χ4n) is 11.1. The van der Waals surface area contributed by atoms with Crippen LogP contribution in [-0.4, -0.2) is 57.4 Å². The third-order valence-corrected chi connectivity index (χ3v) is 15.4. The Balaban J connectivity index is 1.12. The van der Waals surface area contributed by atoms with Crippen LogP contribution in [0, 0.1) is 63.5 Å². The molecule has 0 aromatic carbocycles. The van der Waals surface area contributed by atoms with Crippen molar-refractivity contribution in [3.63, 3.8) is 0 Å². The van der Waals surface area contributed by atoms with Gasteiger partial charge in [0, 0.05) is 6.42 Å². The predicted octanol–water partition coefficient (Wildman–Crippen LogP) is 6.78. The third-order valence-electron chi connectivity index (χ3n) is 13.9. The lowest BCUT2D eigenvalue weighted by Crippen LogP contribution is -2.55. The molecule has 53 heavy (non-hydrogen) atoms. The number of aliphatic hydroxyl groups excluding tert-OH is 2. The van der Waals surface area contributed by atoms with Gasteiger partial charge in [-0.1, -0.05) is 65.5 Å². The van der Waals surface area contributed by atoms with Crippen LogP contribution in [0.3, 0.4) is 0 Å². The van der Waals surface area contributed by atoms with E-state index in [0.29, 0.717) is 42.7 Å². The van der Waals surface area contributed by atoms with E-state index >= 15 is 0 Å². The molecule has 0 radical (unpaired) electrons. The van der Waals surface area contributed by atoms with Gasteiger partial charge in [-0.3, -0.25) is 27.9 Å². The van der Waals surface area contributed by atoms with E-state index in [-0.39, 0.29) is 36.2 Å². The molecule has 1 aromatic heterocycles. The zero-order valence-electron chi connectivity index (χ0n) is 31.9. The van der Waals surface area contributed by atoms with E-state index in [9.17, 15) is 28.8 Å². The monoisotopic (exact) mass is 763 g/mol. The van der Waals surface area contributed by atoms with E-state index in [2.05, 4.69) is 40.7 Å². The summed E-state index contributed by atoms with van der Waals surface area (Å²) in [5, 5.41) is 31.6. The number of aromatic amines is 1. The molecule has 1 aromatic rings. The molecule has 3 N–H and O–H groups in total. The van der Waals surface area contributed by atoms with Crippen molar-refractivity contribution in [3.8, 4) is 6.07 Å². The number of fused-ring (bicyclic) bond motifs is 5. The quantitative estimate of drug-likeness (QED) is 0.104. The number of phosphoric acid groups is 1. The van der Waals surface area contributed by atoms with Crippen LogP contribution >= 0.6 is 7.82 Å². The number of nitriles is 1. The summed E-state index contributed by atoms with van der Waals surface area (Å²) in [6, 6.07) is 1.95. The van der Waals surface area contributed by atoms with Gasteiger partial charge in [0.1, 0.15) is 12.3 Å². The van der Waals surface area contributed by atoms with E-state index in [1.54, 1.807) is 0 Å². The second-order valence-electron chi connectivity index (χ2n) is 17.5. The van der Waals surface area contributed by atoms with E-state index < -0.39 is 62.1 Å². The van der Waals surface area contributed by atoms with E-state index in [0.717, 1.165) is 35.3 Å². The molecule has 4 aliphatic carbocycles. The Bertz CT molecular complexity index is 1710. The lowest BCUT2D eigenvalue weighted by molar-refractivity contribution is -0.0975. The number of halogens is 1. The van der Waals surface area contributed by atoms with Gasteiger partial charge in [-0.15, -0.1) is 0 Å². The number of hydrogen-bond acceptors (Lipinski definition) is 10. The van der Waals surface area contributed by atoms with Crippen molar-refractivity contribution in [1.29, 1.82) is 5.26 Å². The van der Waals surface area contributed by atoms with Crippen LogP contribution < -0.4 is 11.2 Å². The Morgan fingerprint density at radius 3 is 2.62 bits per heavy atom. The summed E-state index contributed by atoms with van der Waals surface area (Å²) >= 11 is 0. The molecule has 12 nitrogen and oxygen atoms in total. The number of nitrogens with one attached hydrogen (secondary N) is 1. The molecular formula is C39H59FN3O9P.